The maximum Gasteiger partial charge on any atom is 0.460 e. The first-order valence-corrected chi connectivity index (χ1v) is 8.26. The third kappa shape index (κ3) is 4.35. The molecule has 34 heavy (non-hydrogen) atoms. The van der Waals surface area contributed by atoms with Crippen LogP contribution in [0.4, 0.5) is 65.9 Å². The summed E-state index contributed by atoms with van der Waals surface area (Å²) in [4.78, 5) is 11.3. The van der Waals surface area contributed by atoms with Crippen LogP contribution in [-0.2, 0) is 4.79 Å². The van der Waals surface area contributed by atoms with Gasteiger partial charge in [0.1, 0.15) is 0 Å². The molecule has 0 aromatic heterocycles. The van der Waals surface area contributed by atoms with Crippen molar-refractivity contribution in [3.05, 3.63) is 35.9 Å². The van der Waals surface area contributed by atoms with E-state index in [1.165, 1.54) is 18.2 Å². The summed E-state index contributed by atoms with van der Waals surface area (Å²) in [6.07, 6.45) is -9.69. The monoisotopic (exact) mass is 533 g/mol. The number of benzene rings is 1. The molecule has 0 radical (unpaired) electrons. The Morgan fingerprint density at radius 3 is 1.47 bits per heavy atom. The molecule has 0 spiro atoms. The standard InChI is InChI=1S/C16H10F15NO2/c17-10(18,9(34)32-6-8(33)7-4-2-1-3-5-7)11(19,20)12(21,22)13(23,24)14(25,26)15(27,28)16(29,30)31/h1-5,8,33H,6H2,(H,32,34). The first-order chi connectivity index (χ1) is 14.9. The van der Waals surface area contributed by atoms with E-state index >= 15 is 0 Å². The molecule has 0 aliphatic heterocycles. The Labute approximate surface area is 178 Å². The van der Waals surface area contributed by atoms with Gasteiger partial charge in [-0.1, -0.05) is 30.3 Å². The minimum absolute atomic E-state index is 0.177. The van der Waals surface area contributed by atoms with E-state index in [0.717, 1.165) is 17.4 Å². The second kappa shape index (κ2) is 8.67. The summed E-state index contributed by atoms with van der Waals surface area (Å²) in [5, 5.41) is 10.3. The van der Waals surface area contributed by atoms with Crippen LogP contribution in [0.25, 0.3) is 0 Å². The lowest BCUT2D eigenvalue weighted by Crippen LogP contribution is -2.74. The average molecular weight is 533 g/mol. The van der Waals surface area contributed by atoms with Gasteiger partial charge in [-0.3, -0.25) is 4.79 Å². The molecule has 1 atom stereocenters. The van der Waals surface area contributed by atoms with Crippen LogP contribution in [0.3, 0.4) is 0 Å². The van der Waals surface area contributed by atoms with Crippen LogP contribution in [0.2, 0.25) is 0 Å². The quantitative estimate of drug-likeness (QED) is 0.429. The van der Waals surface area contributed by atoms with Gasteiger partial charge in [0, 0.05) is 6.54 Å². The van der Waals surface area contributed by atoms with Crippen molar-refractivity contribution < 1.29 is 75.8 Å². The van der Waals surface area contributed by atoms with Crippen molar-refractivity contribution in [2.75, 3.05) is 6.54 Å². The number of hydrogen-bond donors (Lipinski definition) is 2. The second-order valence-electron chi connectivity index (χ2n) is 6.58. The van der Waals surface area contributed by atoms with Crippen molar-refractivity contribution in [1.29, 1.82) is 0 Å². The topological polar surface area (TPSA) is 49.3 Å². The molecule has 0 aliphatic carbocycles. The van der Waals surface area contributed by atoms with Gasteiger partial charge in [-0.05, 0) is 5.56 Å². The number of nitrogens with one attached hydrogen (secondary N) is 1. The molecule has 18 heteroatoms. The van der Waals surface area contributed by atoms with E-state index < -0.39 is 60.3 Å². The van der Waals surface area contributed by atoms with Crippen molar-refractivity contribution in [3.63, 3.8) is 0 Å². The summed E-state index contributed by atoms with van der Waals surface area (Å²) in [6.45, 7) is -1.46. The van der Waals surface area contributed by atoms with Crippen LogP contribution < -0.4 is 5.32 Å². The Balaban J connectivity index is 3.31. The molecule has 1 rings (SSSR count). The largest absolute Gasteiger partial charge is 0.460 e. The minimum Gasteiger partial charge on any atom is -0.387 e. The van der Waals surface area contributed by atoms with E-state index in [0.29, 0.717) is 0 Å². The Hall–Kier alpha value is -2.40. The molecule has 0 bridgehead atoms. The van der Waals surface area contributed by atoms with Crippen molar-refractivity contribution >= 4 is 5.91 Å². The molecule has 3 nitrogen and oxygen atoms in total. The normalized spacial score (nSPS) is 15.8. The van der Waals surface area contributed by atoms with E-state index in [-0.39, 0.29) is 5.56 Å². The zero-order chi connectivity index (χ0) is 27.2. The number of aliphatic hydroxyl groups excluding tert-OH is 1. The minimum atomic E-state index is -8.48. The van der Waals surface area contributed by atoms with Gasteiger partial charge in [-0.25, -0.2) is 0 Å². The van der Waals surface area contributed by atoms with Crippen molar-refractivity contribution in [3.8, 4) is 0 Å². The van der Waals surface area contributed by atoms with E-state index in [2.05, 4.69) is 0 Å². The maximum atomic E-state index is 13.7. The average Bonchev–Trinajstić information content (AvgIpc) is 2.70. The lowest BCUT2D eigenvalue weighted by Gasteiger charge is -2.41. The van der Waals surface area contributed by atoms with Crippen LogP contribution >= 0.6 is 0 Å². The summed E-state index contributed by atoms with van der Waals surface area (Å²) in [5.74, 6) is -51.9. The van der Waals surface area contributed by atoms with Crippen LogP contribution in [0, 0.1) is 0 Å². The Morgan fingerprint density at radius 1 is 0.676 bits per heavy atom. The number of halogens is 15. The molecule has 1 unspecified atom stereocenters. The summed E-state index contributed by atoms with van der Waals surface area (Å²) in [7, 11) is 0. The highest BCUT2D eigenvalue weighted by Crippen LogP contribution is 2.62. The molecular formula is C16H10F15NO2. The van der Waals surface area contributed by atoms with Gasteiger partial charge >= 0.3 is 41.7 Å². The number of aliphatic hydroxyl groups is 1. The fourth-order valence-electron chi connectivity index (χ4n) is 2.20. The molecule has 0 heterocycles. The Kier molecular flexibility index (Phi) is 7.56. The summed E-state index contributed by atoms with van der Waals surface area (Å²) >= 11 is 0. The zero-order valence-corrected chi connectivity index (χ0v) is 15.7. The van der Waals surface area contributed by atoms with E-state index in [1.54, 1.807) is 0 Å². The predicted molar refractivity (Wildman–Crippen MR) is 80.1 cm³/mol. The predicted octanol–water partition coefficient (Wildman–Crippen LogP) is 5.21. The van der Waals surface area contributed by atoms with Crippen molar-refractivity contribution in [2.45, 2.75) is 47.8 Å². The lowest BCUT2D eigenvalue weighted by molar-refractivity contribution is -0.449. The highest BCUT2D eigenvalue weighted by molar-refractivity contribution is 5.84. The third-order valence-electron chi connectivity index (χ3n) is 4.25. The first kappa shape index (κ1) is 29.6. The highest BCUT2D eigenvalue weighted by Gasteiger charge is 2.94. The van der Waals surface area contributed by atoms with E-state index in [1.807, 2.05) is 0 Å². The third-order valence-corrected chi connectivity index (χ3v) is 4.25. The molecule has 1 aromatic carbocycles. The lowest BCUT2D eigenvalue weighted by atomic mass is 9.91. The molecule has 1 aromatic rings. The molecule has 0 aliphatic rings. The second-order valence-corrected chi connectivity index (χ2v) is 6.58. The van der Waals surface area contributed by atoms with Crippen LogP contribution in [-0.4, -0.2) is 59.3 Å². The number of rotatable bonds is 9. The number of amides is 1. The van der Waals surface area contributed by atoms with Crippen molar-refractivity contribution in [2.24, 2.45) is 0 Å². The number of carbonyl (C=O) groups is 1. The molecule has 1 amide bonds. The fourth-order valence-corrected chi connectivity index (χ4v) is 2.20. The van der Waals surface area contributed by atoms with Crippen molar-refractivity contribution in [1.82, 2.24) is 5.32 Å². The first-order valence-electron chi connectivity index (χ1n) is 8.26. The highest BCUT2D eigenvalue weighted by atomic mass is 19.4. The fraction of sp³-hybridized carbons (Fsp3) is 0.562. The SMILES string of the molecule is O=C(NCC(O)c1ccccc1)C(F)(F)C(F)(F)C(F)(F)C(F)(F)C(F)(F)C(F)(F)C(F)(F)F. The summed E-state index contributed by atoms with van der Waals surface area (Å²) in [5.41, 5.74) is -0.177. The van der Waals surface area contributed by atoms with Gasteiger partial charge in [0.15, 0.2) is 0 Å². The zero-order valence-electron chi connectivity index (χ0n) is 15.7. The van der Waals surface area contributed by atoms with Crippen LogP contribution in [0.5, 0.6) is 0 Å². The van der Waals surface area contributed by atoms with Gasteiger partial charge in [-0.15, -0.1) is 0 Å². The van der Waals surface area contributed by atoms with Crippen LogP contribution in [0.1, 0.15) is 11.7 Å². The van der Waals surface area contributed by atoms with Gasteiger partial charge in [0.2, 0.25) is 0 Å². The summed E-state index contributed by atoms with van der Waals surface area (Å²) in [6, 6.07) is 6.01. The maximum absolute atomic E-state index is 13.7. The Bertz CT molecular complexity index is 867. The van der Waals surface area contributed by atoms with Gasteiger partial charge in [-0.2, -0.15) is 65.9 Å². The van der Waals surface area contributed by atoms with Gasteiger partial charge < -0.3 is 10.4 Å². The van der Waals surface area contributed by atoms with E-state index in [4.69, 9.17) is 0 Å². The number of hydrogen-bond acceptors (Lipinski definition) is 2. The number of alkyl halides is 15. The van der Waals surface area contributed by atoms with E-state index in [9.17, 15) is 75.8 Å². The molecule has 0 saturated carbocycles. The smallest absolute Gasteiger partial charge is 0.387 e. The van der Waals surface area contributed by atoms with Gasteiger partial charge in [0.25, 0.3) is 5.91 Å². The number of carbonyl (C=O) groups excluding carboxylic acids is 1. The summed E-state index contributed by atoms with van der Waals surface area (Å²) < 4.78 is 196. The Morgan fingerprint density at radius 2 is 1.06 bits per heavy atom. The van der Waals surface area contributed by atoms with Gasteiger partial charge in [0.05, 0.1) is 6.10 Å². The molecule has 0 saturated heterocycles. The molecule has 196 valence electrons. The molecule has 2 N–H and O–H groups in total. The molecular weight excluding hydrogens is 523 g/mol. The van der Waals surface area contributed by atoms with Crippen LogP contribution in [0.15, 0.2) is 30.3 Å². The molecule has 0 fully saturated rings.